The van der Waals surface area contributed by atoms with E-state index in [0.29, 0.717) is 11.3 Å². The van der Waals surface area contributed by atoms with Gasteiger partial charge in [0.05, 0.1) is 23.7 Å². The number of hydrogen-bond acceptors (Lipinski definition) is 4. The quantitative estimate of drug-likeness (QED) is 0.797. The van der Waals surface area contributed by atoms with E-state index in [1.54, 1.807) is 12.4 Å². The fourth-order valence-electron chi connectivity index (χ4n) is 2.84. The molecule has 0 radical (unpaired) electrons. The minimum atomic E-state index is -0.188. The molecule has 0 aliphatic carbocycles. The number of carbonyl (C=O) groups excluding carboxylic acids is 1. The van der Waals surface area contributed by atoms with E-state index in [1.165, 1.54) is 0 Å². The number of para-hydroxylation sites is 1. The Morgan fingerprint density at radius 3 is 2.96 bits per heavy atom. The number of fused-ring (bicyclic) bond motifs is 2. The smallest absolute Gasteiger partial charge is 0.255 e. The molecule has 2 aromatic heterocycles. The van der Waals surface area contributed by atoms with E-state index in [1.807, 2.05) is 41.1 Å². The molecule has 1 amide bonds. The topological polar surface area (TPSA) is 69.0 Å². The highest BCUT2D eigenvalue weighted by atomic mass is 16.5. The van der Waals surface area contributed by atoms with E-state index in [4.69, 9.17) is 4.74 Å². The van der Waals surface area contributed by atoms with Crippen molar-refractivity contribution < 1.29 is 9.53 Å². The Kier molecular flexibility index (Phi) is 3.72. The van der Waals surface area contributed by atoms with Crippen molar-refractivity contribution in [2.45, 2.75) is 19.9 Å². The lowest BCUT2D eigenvalue weighted by Gasteiger charge is -2.17. The summed E-state index contributed by atoms with van der Waals surface area (Å²) in [5.41, 5.74) is 2.94. The zero-order chi connectivity index (χ0) is 17.4. The van der Waals surface area contributed by atoms with Crippen LogP contribution in [0, 0.1) is 0 Å². The van der Waals surface area contributed by atoms with Gasteiger partial charge in [0.2, 0.25) is 0 Å². The van der Waals surface area contributed by atoms with Crippen molar-refractivity contribution in [2.75, 3.05) is 11.9 Å². The summed E-state index contributed by atoms with van der Waals surface area (Å²) in [5, 5.41) is 8.12. The van der Waals surface area contributed by atoms with Crippen molar-refractivity contribution in [3.05, 3.63) is 53.9 Å². The number of hydrogen-bond donors (Lipinski definition) is 1. The predicted molar refractivity (Wildman–Crippen MR) is 96.5 cm³/mol. The zero-order valence-electron chi connectivity index (χ0n) is 14.1. The van der Waals surface area contributed by atoms with Crippen LogP contribution in [0.15, 0.2) is 48.3 Å². The Hall–Kier alpha value is -3.15. The van der Waals surface area contributed by atoms with Gasteiger partial charge in [-0.15, -0.1) is 0 Å². The summed E-state index contributed by atoms with van der Waals surface area (Å²) in [6, 6.07) is 9.76. The van der Waals surface area contributed by atoms with Gasteiger partial charge < -0.3 is 10.1 Å². The maximum absolute atomic E-state index is 12.5. The van der Waals surface area contributed by atoms with E-state index in [9.17, 15) is 4.79 Å². The number of nitrogens with one attached hydrogen (secondary N) is 1. The third-order valence-electron chi connectivity index (χ3n) is 4.10. The van der Waals surface area contributed by atoms with Gasteiger partial charge in [0, 0.05) is 17.0 Å². The molecule has 126 valence electrons. The van der Waals surface area contributed by atoms with Crippen LogP contribution in [0.25, 0.3) is 17.1 Å². The number of rotatable bonds is 3. The van der Waals surface area contributed by atoms with E-state index >= 15 is 0 Å². The van der Waals surface area contributed by atoms with Crippen LogP contribution >= 0.6 is 0 Å². The van der Waals surface area contributed by atoms with Crippen molar-refractivity contribution in [3.63, 3.8) is 0 Å². The first-order chi connectivity index (χ1) is 12.1. The normalized spacial score (nSPS) is 13.3. The number of anilines is 1. The molecule has 0 bridgehead atoms. The first kappa shape index (κ1) is 15.4. The molecule has 0 atom stereocenters. The Bertz CT molecular complexity index is 988. The molecule has 1 N–H and O–H groups in total. The highest BCUT2D eigenvalue weighted by molar-refractivity contribution is 6.07. The number of ether oxygens (including phenoxy) is 1. The number of amides is 1. The maximum Gasteiger partial charge on any atom is 0.255 e. The Morgan fingerprint density at radius 2 is 2.12 bits per heavy atom. The van der Waals surface area contributed by atoms with Crippen LogP contribution in [0.4, 0.5) is 5.69 Å². The van der Waals surface area contributed by atoms with Crippen molar-refractivity contribution in [2.24, 2.45) is 0 Å². The minimum absolute atomic E-state index is 0.188. The lowest BCUT2D eigenvalue weighted by Crippen LogP contribution is -2.21. The van der Waals surface area contributed by atoms with Crippen LogP contribution in [0.1, 0.15) is 25.5 Å². The molecule has 6 nitrogen and oxygen atoms in total. The molecule has 1 aliphatic heterocycles. The van der Waals surface area contributed by atoms with Gasteiger partial charge in [-0.2, -0.15) is 5.10 Å². The maximum atomic E-state index is 12.5. The largest absolute Gasteiger partial charge is 0.488 e. The average Bonchev–Trinajstić information content (AvgIpc) is 3.04. The Balaban J connectivity index is 1.57. The number of pyridine rings is 1. The molecule has 0 saturated heterocycles. The molecule has 6 heteroatoms. The van der Waals surface area contributed by atoms with E-state index < -0.39 is 0 Å². The number of nitrogens with zero attached hydrogens (tertiary/aromatic N) is 3. The van der Waals surface area contributed by atoms with Crippen molar-refractivity contribution in [1.82, 2.24) is 14.8 Å². The molecular formula is C19H18N4O2. The van der Waals surface area contributed by atoms with Crippen LogP contribution in [-0.4, -0.2) is 27.3 Å². The molecule has 0 unspecified atom stereocenters. The molecule has 1 aliphatic rings. The van der Waals surface area contributed by atoms with Crippen LogP contribution in [-0.2, 0) is 4.79 Å². The third-order valence-corrected chi connectivity index (χ3v) is 4.10. The summed E-state index contributed by atoms with van der Waals surface area (Å²) in [7, 11) is 0. The summed E-state index contributed by atoms with van der Waals surface area (Å²) in [6.07, 6.45) is 5.27. The lowest BCUT2D eigenvalue weighted by atomic mass is 10.1. The van der Waals surface area contributed by atoms with Crippen molar-refractivity contribution in [1.29, 1.82) is 0 Å². The van der Waals surface area contributed by atoms with Gasteiger partial charge in [-0.3, -0.25) is 4.79 Å². The van der Waals surface area contributed by atoms with Crippen LogP contribution in [0.3, 0.4) is 0 Å². The minimum Gasteiger partial charge on any atom is -0.488 e. The molecule has 25 heavy (non-hydrogen) atoms. The second kappa shape index (κ2) is 6.05. The van der Waals surface area contributed by atoms with Gasteiger partial charge in [-0.05, 0) is 32.1 Å². The average molecular weight is 334 g/mol. The van der Waals surface area contributed by atoms with Crippen LogP contribution in [0.2, 0.25) is 0 Å². The van der Waals surface area contributed by atoms with E-state index in [-0.39, 0.29) is 18.6 Å². The molecule has 0 spiro atoms. The lowest BCUT2D eigenvalue weighted by molar-refractivity contribution is -0.113. The predicted octanol–water partition coefficient (Wildman–Crippen LogP) is 3.43. The summed E-state index contributed by atoms with van der Waals surface area (Å²) < 4.78 is 7.49. The number of carbonyl (C=O) groups is 1. The molecular weight excluding hydrogens is 316 g/mol. The molecule has 3 aromatic rings. The molecule has 1 aromatic carbocycles. The van der Waals surface area contributed by atoms with Gasteiger partial charge in [-0.25, -0.2) is 9.67 Å². The van der Waals surface area contributed by atoms with Crippen LogP contribution in [0.5, 0.6) is 5.75 Å². The highest BCUT2D eigenvalue weighted by Crippen LogP contribution is 2.26. The second-order valence-electron chi connectivity index (χ2n) is 6.27. The first-order valence-electron chi connectivity index (χ1n) is 8.19. The number of aromatic nitrogens is 3. The van der Waals surface area contributed by atoms with E-state index in [2.05, 4.69) is 29.2 Å². The molecule has 3 heterocycles. The van der Waals surface area contributed by atoms with Crippen LogP contribution < -0.4 is 10.1 Å². The SMILES string of the molecule is CC(C)n1ncc2cc(NC(=O)C3=Cc4ccccc4OC3)cnc21. The van der Waals surface area contributed by atoms with Crippen molar-refractivity contribution >= 4 is 28.7 Å². The van der Waals surface area contributed by atoms with Gasteiger partial charge >= 0.3 is 0 Å². The fraction of sp³-hybridized carbons (Fsp3) is 0.211. The molecule has 4 rings (SSSR count). The summed E-state index contributed by atoms with van der Waals surface area (Å²) in [4.78, 5) is 17.0. The van der Waals surface area contributed by atoms with Gasteiger partial charge in [0.25, 0.3) is 5.91 Å². The van der Waals surface area contributed by atoms with Gasteiger partial charge in [0.15, 0.2) is 5.65 Å². The van der Waals surface area contributed by atoms with Gasteiger partial charge in [-0.1, -0.05) is 18.2 Å². The van der Waals surface area contributed by atoms with Crippen molar-refractivity contribution in [3.8, 4) is 5.75 Å². The highest BCUT2D eigenvalue weighted by Gasteiger charge is 2.17. The summed E-state index contributed by atoms with van der Waals surface area (Å²) in [6.45, 7) is 4.36. The number of benzene rings is 1. The zero-order valence-corrected chi connectivity index (χ0v) is 14.1. The second-order valence-corrected chi connectivity index (χ2v) is 6.27. The Labute approximate surface area is 145 Å². The molecule has 0 saturated carbocycles. The van der Waals surface area contributed by atoms with Gasteiger partial charge in [0.1, 0.15) is 12.4 Å². The fourth-order valence-corrected chi connectivity index (χ4v) is 2.84. The first-order valence-corrected chi connectivity index (χ1v) is 8.19. The third kappa shape index (κ3) is 2.87. The molecule has 0 fully saturated rings. The Morgan fingerprint density at radius 1 is 1.28 bits per heavy atom. The summed E-state index contributed by atoms with van der Waals surface area (Å²) >= 11 is 0. The standard InChI is InChI=1S/C19H18N4O2/c1-12(2)23-18-14(9-21-23)8-16(10-20-18)22-19(24)15-7-13-5-3-4-6-17(13)25-11-15/h3-10,12H,11H2,1-2H3,(H,22,24). The van der Waals surface area contributed by atoms with E-state index in [0.717, 1.165) is 22.3 Å². The summed E-state index contributed by atoms with van der Waals surface area (Å²) in [5.74, 6) is 0.607. The monoisotopic (exact) mass is 334 g/mol.